The number of hydrogen-bond acceptors (Lipinski definition) is 2. The van der Waals surface area contributed by atoms with Crippen molar-refractivity contribution >= 4 is 5.91 Å². The highest BCUT2D eigenvalue weighted by atomic mass is 16.2. The summed E-state index contributed by atoms with van der Waals surface area (Å²) in [6.45, 7) is 8.74. The summed E-state index contributed by atoms with van der Waals surface area (Å²) in [4.78, 5) is 12.8. The zero-order chi connectivity index (χ0) is 9.07. The number of amides is 1. The summed E-state index contributed by atoms with van der Waals surface area (Å²) in [5.74, 6) is 0.0861. The second-order valence-electron chi connectivity index (χ2n) is 3.63. The molecule has 0 saturated heterocycles. The van der Waals surface area contributed by atoms with Gasteiger partial charge in [-0.1, -0.05) is 0 Å². The normalized spacial score (nSPS) is 11.4. The third-order valence-electron chi connectivity index (χ3n) is 1.54. The lowest BCUT2D eigenvalue weighted by Gasteiger charge is -2.34. The van der Waals surface area contributed by atoms with E-state index in [1.165, 1.54) is 0 Å². The minimum Gasteiger partial charge on any atom is -0.337 e. The average molecular weight is 158 g/mol. The van der Waals surface area contributed by atoms with E-state index in [1.807, 2.05) is 20.8 Å². The van der Waals surface area contributed by atoms with Crippen molar-refractivity contribution in [2.75, 3.05) is 13.1 Å². The molecule has 0 aliphatic rings. The molecule has 0 heterocycles. The van der Waals surface area contributed by atoms with Crippen LogP contribution in [0.5, 0.6) is 0 Å². The Hall–Kier alpha value is -0.570. The van der Waals surface area contributed by atoms with Crippen LogP contribution < -0.4 is 5.73 Å². The van der Waals surface area contributed by atoms with Crippen LogP contribution in [0.1, 0.15) is 27.7 Å². The lowest BCUT2D eigenvalue weighted by Crippen LogP contribution is -2.46. The first-order valence-corrected chi connectivity index (χ1v) is 3.88. The fourth-order valence-electron chi connectivity index (χ4n) is 1.09. The summed E-state index contributed by atoms with van der Waals surface area (Å²) < 4.78 is 0. The smallest absolute Gasteiger partial charge is 0.219 e. The van der Waals surface area contributed by atoms with E-state index in [4.69, 9.17) is 5.73 Å². The first-order chi connectivity index (χ1) is 4.89. The average Bonchev–Trinajstić information content (AvgIpc) is 1.79. The molecule has 1 amide bonds. The number of rotatable bonds is 2. The first-order valence-electron chi connectivity index (χ1n) is 3.88. The maximum Gasteiger partial charge on any atom is 0.219 e. The highest BCUT2D eigenvalue weighted by molar-refractivity contribution is 5.74. The highest BCUT2D eigenvalue weighted by Gasteiger charge is 2.22. The van der Waals surface area contributed by atoms with E-state index in [1.54, 1.807) is 11.8 Å². The predicted octanol–water partition coefficient (Wildman–Crippen LogP) is 0.592. The van der Waals surface area contributed by atoms with Crippen molar-refractivity contribution in [3.05, 3.63) is 0 Å². The second-order valence-corrected chi connectivity index (χ2v) is 3.63. The molecule has 0 bridgehead atoms. The quantitative estimate of drug-likeness (QED) is 0.639. The standard InChI is InChI=1S/C8H18N2O/c1-7(11)10(6-5-9)8(2,3)4/h5-6,9H2,1-4H3. The van der Waals surface area contributed by atoms with Crippen LogP contribution in [-0.2, 0) is 4.79 Å². The molecule has 0 aromatic heterocycles. The van der Waals surface area contributed by atoms with Crippen LogP contribution >= 0.6 is 0 Å². The summed E-state index contributed by atoms with van der Waals surface area (Å²) in [6.07, 6.45) is 0. The second kappa shape index (κ2) is 3.72. The van der Waals surface area contributed by atoms with Gasteiger partial charge in [0.2, 0.25) is 5.91 Å². The Bertz CT molecular complexity index is 138. The molecule has 0 aromatic rings. The predicted molar refractivity (Wildman–Crippen MR) is 46.2 cm³/mol. The van der Waals surface area contributed by atoms with Crippen molar-refractivity contribution in [3.63, 3.8) is 0 Å². The van der Waals surface area contributed by atoms with Crippen molar-refractivity contribution in [3.8, 4) is 0 Å². The summed E-state index contributed by atoms with van der Waals surface area (Å²) in [7, 11) is 0. The zero-order valence-corrected chi connectivity index (χ0v) is 7.85. The Morgan fingerprint density at radius 3 is 2.00 bits per heavy atom. The fourth-order valence-corrected chi connectivity index (χ4v) is 1.09. The minimum atomic E-state index is -0.106. The van der Waals surface area contributed by atoms with Crippen LogP contribution in [0.15, 0.2) is 0 Å². The van der Waals surface area contributed by atoms with Crippen LogP contribution in [0.4, 0.5) is 0 Å². The van der Waals surface area contributed by atoms with Crippen molar-refractivity contribution in [1.82, 2.24) is 4.90 Å². The van der Waals surface area contributed by atoms with Crippen LogP contribution in [-0.4, -0.2) is 29.4 Å². The molecule has 3 heteroatoms. The molecular weight excluding hydrogens is 140 g/mol. The lowest BCUT2D eigenvalue weighted by atomic mass is 10.1. The molecule has 0 spiro atoms. The van der Waals surface area contributed by atoms with E-state index in [0.717, 1.165) is 0 Å². The van der Waals surface area contributed by atoms with E-state index in [-0.39, 0.29) is 11.4 Å². The monoisotopic (exact) mass is 158 g/mol. The summed E-state index contributed by atoms with van der Waals surface area (Å²) in [6, 6.07) is 0. The third kappa shape index (κ3) is 3.37. The van der Waals surface area contributed by atoms with Gasteiger partial charge in [-0.15, -0.1) is 0 Å². The van der Waals surface area contributed by atoms with Crippen molar-refractivity contribution < 1.29 is 4.79 Å². The highest BCUT2D eigenvalue weighted by Crippen LogP contribution is 2.11. The van der Waals surface area contributed by atoms with Crippen LogP contribution in [0.3, 0.4) is 0 Å². The molecule has 0 unspecified atom stereocenters. The topological polar surface area (TPSA) is 46.3 Å². The molecule has 3 nitrogen and oxygen atoms in total. The van der Waals surface area contributed by atoms with Gasteiger partial charge in [-0.05, 0) is 20.8 Å². The van der Waals surface area contributed by atoms with Gasteiger partial charge in [-0.3, -0.25) is 4.79 Å². The van der Waals surface area contributed by atoms with E-state index >= 15 is 0 Å². The number of carbonyl (C=O) groups excluding carboxylic acids is 1. The van der Waals surface area contributed by atoms with Crippen molar-refractivity contribution in [2.24, 2.45) is 5.73 Å². The molecule has 0 fully saturated rings. The van der Waals surface area contributed by atoms with Crippen molar-refractivity contribution in [1.29, 1.82) is 0 Å². The maximum atomic E-state index is 11.1. The molecule has 0 radical (unpaired) electrons. The maximum absolute atomic E-state index is 11.1. The molecule has 66 valence electrons. The van der Waals surface area contributed by atoms with Gasteiger partial charge >= 0.3 is 0 Å². The van der Waals surface area contributed by atoms with Crippen LogP contribution in [0, 0.1) is 0 Å². The van der Waals surface area contributed by atoms with Gasteiger partial charge in [-0.25, -0.2) is 0 Å². The van der Waals surface area contributed by atoms with E-state index in [0.29, 0.717) is 13.1 Å². The van der Waals surface area contributed by atoms with Gasteiger partial charge in [0.05, 0.1) is 0 Å². The number of hydrogen-bond donors (Lipinski definition) is 1. The van der Waals surface area contributed by atoms with Gasteiger partial charge in [0.15, 0.2) is 0 Å². The summed E-state index contributed by atoms with van der Waals surface area (Å²) in [5, 5.41) is 0. The van der Waals surface area contributed by atoms with Crippen LogP contribution in [0.25, 0.3) is 0 Å². The van der Waals surface area contributed by atoms with Crippen molar-refractivity contribution in [2.45, 2.75) is 33.2 Å². The molecule has 2 N–H and O–H groups in total. The molecule has 0 atom stereocenters. The number of nitrogens with zero attached hydrogens (tertiary/aromatic N) is 1. The first kappa shape index (κ1) is 10.4. The molecule has 0 rings (SSSR count). The SMILES string of the molecule is CC(=O)N(CCN)C(C)(C)C. The summed E-state index contributed by atoms with van der Waals surface area (Å²) in [5.41, 5.74) is 5.26. The fraction of sp³-hybridized carbons (Fsp3) is 0.875. The molecule has 0 aliphatic heterocycles. The molecule has 0 saturated carbocycles. The van der Waals surface area contributed by atoms with E-state index < -0.39 is 0 Å². The minimum absolute atomic E-state index is 0.0861. The Morgan fingerprint density at radius 1 is 1.45 bits per heavy atom. The van der Waals surface area contributed by atoms with Gasteiger partial charge in [0.25, 0.3) is 0 Å². The lowest BCUT2D eigenvalue weighted by molar-refractivity contribution is -0.133. The van der Waals surface area contributed by atoms with E-state index in [2.05, 4.69) is 0 Å². The molecule has 11 heavy (non-hydrogen) atoms. The Labute approximate surface area is 68.6 Å². The number of nitrogens with two attached hydrogens (primary N) is 1. The molecule has 0 aliphatic carbocycles. The Kier molecular flexibility index (Phi) is 3.52. The largest absolute Gasteiger partial charge is 0.337 e. The zero-order valence-electron chi connectivity index (χ0n) is 7.85. The third-order valence-corrected chi connectivity index (χ3v) is 1.54. The van der Waals surface area contributed by atoms with Crippen LogP contribution in [0.2, 0.25) is 0 Å². The van der Waals surface area contributed by atoms with E-state index in [9.17, 15) is 4.79 Å². The number of carbonyl (C=O) groups is 1. The Balaban J connectivity index is 4.22. The Morgan fingerprint density at radius 2 is 1.91 bits per heavy atom. The molecule has 0 aromatic carbocycles. The van der Waals surface area contributed by atoms with Gasteiger partial charge in [-0.2, -0.15) is 0 Å². The van der Waals surface area contributed by atoms with Gasteiger partial charge in [0, 0.05) is 25.6 Å². The van der Waals surface area contributed by atoms with Gasteiger partial charge in [0.1, 0.15) is 0 Å². The molecular formula is C8H18N2O. The van der Waals surface area contributed by atoms with Gasteiger partial charge < -0.3 is 10.6 Å². The summed E-state index contributed by atoms with van der Waals surface area (Å²) >= 11 is 0.